The molecule has 0 aliphatic carbocycles. The zero-order valence-corrected chi connectivity index (χ0v) is 19.8. The zero-order valence-electron chi connectivity index (χ0n) is 19.1. The van der Waals surface area contributed by atoms with Crippen LogP contribution in [0.5, 0.6) is 0 Å². The van der Waals surface area contributed by atoms with Gasteiger partial charge in [-0.1, -0.05) is 17.7 Å². The fourth-order valence-electron chi connectivity index (χ4n) is 4.46. The molecule has 1 unspecified atom stereocenters. The van der Waals surface area contributed by atoms with Gasteiger partial charge in [-0.2, -0.15) is 10.4 Å². The fraction of sp³-hybridized carbons (Fsp3) is 0.240. The number of hydrogen-bond donors (Lipinski definition) is 2. The Hall–Kier alpha value is -4.00. The molecule has 1 aromatic carbocycles. The second-order valence-electron chi connectivity index (χ2n) is 8.31. The number of fused-ring (bicyclic) bond motifs is 1. The molecule has 0 spiro atoms. The van der Waals surface area contributed by atoms with Gasteiger partial charge in [-0.25, -0.2) is 15.0 Å². The van der Waals surface area contributed by atoms with E-state index in [0.717, 1.165) is 34.6 Å². The lowest BCUT2D eigenvalue weighted by Gasteiger charge is -2.30. The van der Waals surface area contributed by atoms with Crippen LogP contribution in [0.2, 0.25) is 5.15 Å². The minimum absolute atomic E-state index is 0.0633. The van der Waals surface area contributed by atoms with Crippen molar-refractivity contribution in [2.24, 2.45) is 7.05 Å². The van der Waals surface area contributed by atoms with Crippen molar-refractivity contribution in [1.29, 1.82) is 5.26 Å². The Kier molecular flexibility index (Phi) is 6.31. The summed E-state index contributed by atoms with van der Waals surface area (Å²) in [7, 11) is 1.83. The number of nitriles is 1. The van der Waals surface area contributed by atoms with Gasteiger partial charge in [0.2, 0.25) is 5.95 Å². The average Bonchev–Trinajstić information content (AvgIpc) is 3.49. The van der Waals surface area contributed by atoms with Gasteiger partial charge < -0.3 is 15.3 Å². The number of rotatable bonds is 7. The van der Waals surface area contributed by atoms with E-state index in [9.17, 15) is 10.4 Å². The Labute approximate surface area is 207 Å². The normalized spacial score (nSPS) is 13.4. The number of nitrogens with one attached hydrogen (secondary N) is 1. The number of hydrogen-bond acceptors (Lipinski definition) is 8. The summed E-state index contributed by atoms with van der Waals surface area (Å²) in [6, 6.07) is 13.5. The molecule has 1 aliphatic rings. The van der Waals surface area contributed by atoms with Crippen molar-refractivity contribution < 1.29 is 5.11 Å². The van der Waals surface area contributed by atoms with Crippen molar-refractivity contribution in [3.63, 3.8) is 0 Å². The highest BCUT2D eigenvalue weighted by atomic mass is 35.5. The van der Waals surface area contributed by atoms with E-state index in [1.807, 2.05) is 37.4 Å². The van der Waals surface area contributed by atoms with Crippen LogP contribution in [0.15, 0.2) is 55.0 Å². The van der Waals surface area contributed by atoms with Crippen LogP contribution in [-0.4, -0.2) is 49.0 Å². The molecule has 4 aromatic rings. The summed E-state index contributed by atoms with van der Waals surface area (Å²) in [6.07, 6.45) is 6.32. The number of benzene rings is 1. The van der Waals surface area contributed by atoms with E-state index >= 15 is 0 Å². The first-order valence-corrected chi connectivity index (χ1v) is 11.6. The molecule has 1 atom stereocenters. The Morgan fingerprint density at radius 1 is 1.20 bits per heavy atom. The molecule has 0 bridgehead atoms. The highest BCUT2D eigenvalue weighted by Crippen LogP contribution is 2.37. The predicted octanol–water partition coefficient (Wildman–Crippen LogP) is 3.51. The minimum atomic E-state index is -0.218. The number of aromatic nitrogens is 5. The maximum Gasteiger partial charge on any atom is 0.228 e. The molecule has 0 fully saturated rings. The van der Waals surface area contributed by atoms with Gasteiger partial charge in [0, 0.05) is 37.6 Å². The molecular formula is C25H23ClN8O. The third-order valence-electron chi connectivity index (χ3n) is 6.17. The standard InChI is InChI=1S/C25H23ClN8O/c1-33-22(5-9-30-33)32-25-29-8-4-21(31-25)18-11-16-6-10-34(23(16)19(12-18)14-27)20(15-35)13-17-3-2-7-28-24(17)26/h2-5,7-9,11-12,20,35H,6,10,13,15H2,1H3,(H,29,31,32). The lowest BCUT2D eigenvalue weighted by molar-refractivity contribution is 0.259. The second kappa shape index (κ2) is 9.70. The number of nitrogens with zero attached hydrogens (tertiary/aromatic N) is 7. The topological polar surface area (TPSA) is 116 Å². The Balaban J connectivity index is 1.45. The maximum absolute atomic E-state index is 10.2. The summed E-state index contributed by atoms with van der Waals surface area (Å²) in [4.78, 5) is 15.2. The van der Waals surface area contributed by atoms with E-state index in [4.69, 9.17) is 11.6 Å². The van der Waals surface area contributed by atoms with E-state index < -0.39 is 0 Å². The first kappa shape index (κ1) is 22.8. The van der Waals surface area contributed by atoms with Crippen LogP contribution in [0.1, 0.15) is 16.7 Å². The number of halogens is 1. The number of pyridine rings is 1. The largest absolute Gasteiger partial charge is 0.394 e. The lowest BCUT2D eigenvalue weighted by atomic mass is 10.00. The van der Waals surface area contributed by atoms with E-state index in [1.165, 1.54) is 0 Å². The summed E-state index contributed by atoms with van der Waals surface area (Å²) in [5, 5.41) is 27.9. The Morgan fingerprint density at radius 3 is 2.83 bits per heavy atom. The smallest absolute Gasteiger partial charge is 0.228 e. The van der Waals surface area contributed by atoms with E-state index in [0.29, 0.717) is 35.3 Å². The van der Waals surface area contributed by atoms with Crippen LogP contribution < -0.4 is 10.2 Å². The molecule has 1 aliphatic heterocycles. The minimum Gasteiger partial charge on any atom is -0.394 e. The van der Waals surface area contributed by atoms with E-state index in [-0.39, 0.29) is 12.6 Å². The van der Waals surface area contributed by atoms with E-state index in [2.05, 4.69) is 42.4 Å². The van der Waals surface area contributed by atoms with Crippen molar-refractivity contribution in [2.75, 3.05) is 23.4 Å². The third-order valence-corrected chi connectivity index (χ3v) is 6.51. The summed E-state index contributed by atoms with van der Waals surface area (Å²) in [5.74, 6) is 1.22. The molecule has 0 radical (unpaired) electrons. The molecule has 4 heterocycles. The molecule has 5 rings (SSSR count). The number of aryl methyl sites for hydroxylation is 1. The first-order chi connectivity index (χ1) is 17.1. The van der Waals surface area contributed by atoms with Gasteiger partial charge in [0.25, 0.3) is 0 Å². The predicted molar refractivity (Wildman–Crippen MR) is 134 cm³/mol. The van der Waals surface area contributed by atoms with Gasteiger partial charge in [0.05, 0.1) is 35.8 Å². The molecule has 2 N–H and O–H groups in total. The van der Waals surface area contributed by atoms with Crippen LogP contribution in [0.25, 0.3) is 11.3 Å². The molecule has 10 heteroatoms. The fourth-order valence-corrected chi connectivity index (χ4v) is 4.66. The first-order valence-electron chi connectivity index (χ1n) is 11.2. The SMILES string of the molecule is Cn1nccc1Nc1nccc(-c2cc(C#N)c3c(c2)CCN3C(CO)Cc2cccnc2Cl)n1. The zero-order chi connectivity index (χ0) is 24.4. The van der Waals surface area contributed by atoms with Crippen LogP contribution in [-0.2, 0) is 19.9 Å². The molecule has 0 saturated carbocycles. The lowest BCUT2D eigenvalue weighted by Crippen LogP contribution is -2.39. The summed E-state index contributed by atoms with van der Waals surface area (Å²) in [6.45, 7) is 0.639. The highest BCUT2D eigenvalue weighted by molar-refractivity contribution is 6.30. The van der Waals surface area contributed by atoms with Crippen LogP contribution >= 0.6 is 11.6 Å². The van der Waals surface area contributed by atoms with Crippen LogP contribution in [0.3, 0.4) is 0 Å². The summed E-state index contributed by atoms with van der Waals surface area (Å²) >= 11 is 6.26. The second-order valence-corrected chi connectivity index (χ2v) is 8.67. The van der Waals surface area contributed by atoms with Gasteiger partial charge in [-0.05, 0) is 48.2 Å². The molecule has 9 nitrogen and oxygen atoms in total. The Morgan fingerprint density at radius 2 is 2.09 bits per heavy atom. The van der Waals surface area contributed by atoms with Gasteiger partial charge in [-0.15, -0.1) is 0 Å². The number of aliphatic hydroxyl groups excluding tert-OH is 1. The molecule has 35 heavy (non-hydrogen) atoms. The quantitative estimate of drug-likeness (QED) is 0.381. The van der Waals surface area contributed by atoms with Crippen LogP contribution in [0, 0.1) is 11.3 Å². The van der Waals surface area contributed by atoms with Gasteiger partial charge >= 0.3 is 0 Å². The average molecular weight is 487 g/mol. The van der Waals surface area contributed by atoms with Crippen molar-refractivity contribution in [1.82, 2.24) is 24.7 Å². The molecule has 0 amide bonds. The van der Waals surface area contributed by atoms with Crippen molar-refractivity contribution in [3.05, 3.63) is 76.8 Å². The highest BCUT2D eigenvalue weighted by Gasteiger charge is 2.30. The molecule has 176 valence electrons. The monoisotopic (exact) mass is 486 g/mol. The summed E-state index contributed by atoms with van der Waals surface area (Å²) in [5.41, 5.74) is 4.88. The summed E-state index contributed by atoms with van der Waals surface area (Å²) < 4.78 is 1.70. The molecular weight excluding hydrogens is 464 g/mol. The van der Waals surface area contributed by atoms with Crippen molar-refractivity contribution >= 4 is 29.1 Å². The van der Waals surface area contributed by atoms with Gasteiger partial charge in [0.1, 0.15) is 17.0 Å². The molecule has 3 aromatic heterocycles. The number of aliphatic hydroxyl groups is 1. The maximum atomic E-state index is 10.2. The molecule has 0 saturated heterocycles. The van der Waals surface area contributed by atoms with Gasteiger partial charge in [-0.3, -0.25) is 4.68 Å². The third kappa shape index (κ3) is 4.54. The van der Waals surface area contributed by atoms with Crippen LogP contribution in [0.4, 0.5) is 17.5 Å². The van der Waals surface area contributed by atoms with E-state index in [1.54, 1.807) is 23.3 Å². The van der Waals surface area contributed by atoms with Gasteiger partial charge in [0.15, 0.2) is 0 Å². The number of anilines is 3. The Bertz CT molecular complexity index is 1410. The van der Waals surface area contributed by atoms with Crippen molar-refractivity contribution in [2.45, 2.75) is 18.9 Å². The van der Waals surface area contributed by atoms with Crippen molar-refractivity contribution in [3.8, 4) is 17.3 Å².